The molecule has 1 saturated carbocycles. The average Bonchev–Trinajstić information content (AvgIpc) is 2.97. The minimum absolute atomic E-state index is 0.0869. The molecule has 0 aromatic heterocycles. The molecule has 0 unspecified atom stereocenters. The number of thiocarbonyl (C=S) groups is 1. The lowest BCUT2D eigenvalue weighted by molar-refractivity contribution is -0.125. The van der Waals surface area contributed by atoms with Gasteiger partial charge in [-0.05, 0) is 37.5 Å². The Morgan fingerprint density at radius 1 is 1.43 bits per heavy atom. The first kappa shape index (κ1) is 15.8. The second-order valence-corrected chi connectivity index (χ2v) is 6.01. The number of methoxy groups -OCH3 is 1. The zero-order valence-corrected chi connectivity index (χ0v) is 13.4. The minimum Gasteiger partial charge on any atom is -0.495 e. The van der Waals surface area contributed by atoms with E-state index in [1.54, 1.807) is 25.3 Å². The van der Waals surface area contributed by atoms with Crippen LogP contribution < -0.4 is 15.8 Å². The predicted octanol–water partition coefficient (Wildman–Crippen LogP) is 3.24. The summed E-state index contributed by atoms with van der Waals surface area (Å²) >= 11 is 4.96. The number of rotatable bonds is 5. The lowest BCUT2D eigenvalue weighted by Crippen LogP contribution is -2.33. The number of anilines is 1. The summed E-state index contributed by atoms with van der Waals surface area (Å²) in [6.45, 7) is 2.08. The fourth-order valence-electron chi connectivity index (χ4n) is 3.00. The van der Waals surface area contributed by atoms with Crippen LogP contribution in [-0.2, 0) is 4.79 Å². The van der Waals surface area contributed by atoms with Crippen LogP contribution in [0.25, 0.3) is 0 Å². The van der Waals surface area contributed by atoms with E-state index >= 15 is 0 Å². The number of amides is 1. The maximum absolute atomic E-state index is 12.6. The van der Waals surface area contributed by atoms with E-state index in [-0.39, 0.29) is 11.3 Å². The molecule has 3 N–H and O–H groups in total. The fourth-order valence-corrected chi connectivity index (χ4v) is 3.12. The first-order chi connectivity index (χ1) is 10.0. The van der Waals surface area contributed by atoms with E-state index in [2.05, 4.69) is 12.2 Å². The van der Waals surface area contributed by atoms with Crippen LogP contribution in [0.1, 0.15) is 44.6 Å². The second-order valence-electron chi connectivity index (χ2n) is 5.57. The van der Waals surface area contributed by atoms with E-state index in [1.807, 2.05) is 0 Å². The van der Waals surface area contributed by atoms with Crippen molar-refractivity contribution >= 4 is 28.8 Å². The normalized spacial score (nSPS) is 16.5. The zero-order valence-electron chi connectivity index (χ0n) is 12.6. The number of carbonyl (C=O) groups excluding carboxylic acids is 1. The maximum atomic E-state index is 12.6. The van der Waals surface area contributed by atoms with Gasteiger partial charge in [-0.3, -0.25) is 4.79 Å². The highest BCUT2D eigenvalue weighted by atomic mass is 32.1. The molecule has 1 fully saturated rings. The Morgan fingerprint density at radius 2 is 2.10 bits per heavy atom. The summed E-state index contributed by atoms with van der Waals surface area (Å²) in [5, 5.41) is 3.01. The molecule has 1 amide bonds. The third kappa shape index (κ3) is 3.18. The van der Waals surface area contributed by atoms with Gasteiger partial charge in [-0.15, -0.1) is 0 Å². The summed E-state index contributed by atoms with van der Waals surface area (Å²) in [5.41, 5.74) is 6.79. The highest BCUT2D eigenvalue weighted by molar-refractivity contribution is 7.80. The van der Waals surface area contributed by atoms with Crippen molar-refractivity contribution in [3.8, 4) is 5.75 Å². The topological polar surface area (TPSA) is 64.4 Å². The Hall–Kier alpha value is -1.62. The largest absolute Gasteiger partial charge is 0.495 e. The Labute approximate surface area is 131 Å². The Bertz CT molecular complexity index is 551. The van der Waals surface area contributed by atoms with Gasteiger partial charge < -0.3 is 15.8 Å². The second kappa shape index (κ2) is 6.43. The number of ether oxygens (including phenoxy) is 1. The van der Waals surface area contributed by atoms with E-state index in [1.165, 1.54) is 0 Å². The fraction of sp³-hybridized carbons (Fsp3) is 0.500. The van der Waals surface area contributed by atoms with Crippen molar-refractivity contribution in [1.29, 1.82) is 0 Å². The Morgan fingerprint density at radius 3 is 2.62 bits per heavy atom. The van der Waals surface area contributed by atoms with Gasteiger partial charge in [0, 0.05) is 11.0 Å². The summed E-state index contributed by atoms with van der Waals surface area (Å²) in [6.07, 6.45) is 5.04. The summed E-state index contributed by atoms with van der Waals surface area (Å²) < 4.78 is 5.34. The van der Waals surface area contributed by atoms with Crippen molar-refractivity contribution in [2.45, 2.75) is 39.0 Å². The number of hydrogen-bond donors (Lipinski definition) is 2. The van der Waals surface area contributed by atoms with Crippen LogP contribution in [0.2, 0.25) is 0 Å². The third-order valence-corrected chi connectivity index (χ3v) is 4.69. The number of nitrogens with two attached hydrogens (primary N) is 1. The van der Waals surface area contributed by atoms with Crippen LogP contribution >= 0.6 is 12.2 Å². The van der Waals surface area contributed by atoms with Crippen molar-refractivity contribution in [3.63, 3.8) is 0 Å². The van der Waals surface area contributed by atoms with Gasteiger partial charge >= 0.3 is 0 Å². The molecule has 0 saturated heterocycles. The predicted molar refractivity (Wildman–Crippen MR) is 88.7 cm³/mol. The molecule has 0 radical (unpaired) electrons. The molecule has 21 heavy (non-hydrogen) atoms. The van der Waals surface area contributed by atoms with Gasteiger partial charge in [0.2, 0.25) is 5.91 Å². The molecule has 5 heteroatoms. The molecule has 1 aliphatic carbocycles. The van der Waals surface area contributed by atoms with Crippen LogP contribution in [0, 0.1) is 5.41 Å². The van der Waals surface area contributed by atoms with Crippen LogP contribution in [0.15, 0.2) is 18.2 Å². The van der Waals surface area contributed by atoms with Gasteiger partial charge in [-0.2, -0.15) is 0 Å². The molecule has 0 spiro atoms. The van der Waals surface area contributed by atoms with Crippen molar-refractivity contribution in [3.05, 3.63) is 23.8 Å². The average molecular weight is 306 g/mol. The highest BCUT2D eigenvalue weighted by Crippen LogP contribution is 2.42. The van der Waals surface area contributed by atoms with Crippen LogP contribution in [0.5, 0.6) is 5.75 Å². The number of hydrogen-bond acceptors (Lipinski definition) is 3. The van der Waals surface area contributed by atoms with Gasteiger partial charge in [-0.25, -0.2) is 0 Å². The molecular formula is C16H22N2O2S. The lowest BCUT2D eigenvalue weighted by Gasteiger charge is -2.26. The summed E-state index contributed by atoms with van der Waals surface area (Å²) in [5.74, 6) is 0.668. The monoisotopic (exact) mass is 306 g/mol. The van der Waals surface area contributed by atoms with Gasteiger partial charge in [0.15, 0.2) is 0 Å². The number of carbonyl (C=O) groups is 1. The summed E-state index contributed by atoms with van der Waals surface area (Å²) in [6, 6.07) is 5.35. The number of nitrogens with one attached hydrogen (secondary N) is 1. The molecule has 0 bridgehead atoms. The van der Waals surface area contributed by atoms with E-state index in [0.29, 0.717) is 16.4 Å². The van der Waals surface area contributed by atoms with Gasteiger partial charge in [0.05, 0.1) is 12.8 Å². The number of benzene rings is 1. The Balaban J connectivity index is 2.22. The Kier molecular flexibility index (Phi) is 4.83. The van der Waals surface area contributed by atoms with Crippen LogP contribution in [0.4, 0.5) is 5.69 Å². The first-order valence-electron chi connectivity index (χ1n) is 7.32. The van der Waals surface area contributed by atoms with Crippen LogP contribution in [-0.4, -0.2) is 18.0 Å². The lowest BCUT2D eigenvalue weighted by atomic mass is 9.82. The first-order valence-corrected chi connectivity index (χ1v) is 7.72. The smallest absolute Gasteiger partial charge is 0.230 e. The molecule has 1 aliphatic rings. The van der Waals surface area contributed by atoms with E-state index < -0.39 is 0 Å². The summed E-state index contributed by atoms with van der Waals surface area (Å²) in [7, 11) is 1.57. The highest BCUT2D eigenvalue weighted by Gasteiger charge is 2.39. The van der Waals surface area contributed by atoms with E-state index in [4.69, 9.17) is 22.7 Å². The molecule has 0 heterocycles. The van der Waals surface area contributed by atoms with E-state index in [9.17, 15) is 4.79 Å². The van der Waals surface area contributed by atoms with Crippen molar-refractivity contribution in [2.24, 2.45) is 11.1 Å². The van der Waals surface area contributed by atoms with Crippen molar-refractivity contribution < 1.29 is 9.53 Å². The van der Waals surface area contributed by atoms with Crippen LogP contribution in [0.3, 0.4) is 0 Å². The molecule has 2 rings (SSSR count). The molecule has 114 valence electrons. The molecule has 0 atom stereocenters. The van der Waals surface area contributed by atoms with Crippen molar-refractivity contribution in [2.75, 3.05) is 12.4 Å². The van der Waals surface area contributed by atoms with Gasteiger partial charge in [0.25, 0.3) is 0 Å². The standard InChI is InChI=1S/C16H22N2O2S/c1-3-16(8-4-5-9-16)15(19)18-12-7-6-11(14(17)21)10-13(12)20-2/h6-7,10H,3-5,8-9H2,1-2H3,(H2,17,21)(H,18,19). The molecule has 1 aromatic rings. The minimum atomic E-state index is -0.229. The SMILES string of the molecule is CCC1(C(=O)Nc2ccc(C(N)=S)cc2OC)CCCC1. The molecule has 0 aliphatic heterocycles. The maximum Gasteiger partial charge on any atom is 0.230 e. The zero-order chi connectivity index (χ0) is 15.5. The molecule has 4 nitrogen and oxygen atoms in total. The van der Waals surface area contributed by atoms with Crippen molar-refractivity contribution in [1.82, 2.24) is 0 Å². The third-order valence-electron chi connectivity index (χ3n) is 4.45. The summed E-state index contributed by atoms with van der Waals surface area (Å²) in [4.78, 5) is 12.9. The van der Waals surface area contributed by atoms with Gasteiger partial charge in [-0.1, -0.05) is 32.0 Å². The van der Waals surface area contributed by atoms with E-state index in [0.717, 1.165) is 37.7 Å². The quantitative estimate of drug-likeness (QED) is 0.820. The van der Waals surface area contributed by atoms with Gasteiger partial charge in [0.1, 0.15) is 10.7 Å². The molecule has 1 aromatic carbocycles. The molecular weight excluding hydrogens is 284 g/mol.